The Bertz CT molecular complexity index is 816. The second kappa shape index (κ2) is 6.05. The molecule has 1 fully saturated rings. The van der Waals surface area contributed by atoms with Crippen molar-refractivity contribution >= 4 is 33.1 Å². The first-order chi connectivity index (χ1) is 11.3. The van der Waals surface area contributed by atoms with Crippen LogP contribution in [0, 0.1) is 0 Å². The molecule has 0 saturated carbocycles. The molecule has 116 valence electrons. The summed E-state index contributed by atoms with van der Waals surface area (Å²) in [4.78, 5) is 15.3. The molecular weight excluding hydrogens is 304 g/mol. The number of anilines is 1. The van der Waals surface area contributed by atoms with Gasteiger partial charge in [-0.3, -0.25) is 0 Å². The number of urea groups is 1. The standard InChI is InChI=1S/C19H18N2OS/c22-19(21-10-3-4-11-21)20-16-8-5-7-14(12-16)18-13-15-6-1-2-9-17(15)23-18/h1-2,5-9,12-13H,3-4,10-11H2,(H,20,22). The Hall–Kier alpha value is -2.33. The number of carbonyl (C=O) groups is 1. The van der Waals surface area contributed by atoms with Gasteiger partial charge in [-0.05, 0) is 48.1 Å². The number of nitrogens with zero attached hydrogens (tertiary/aromatic N) is 1. The maximum atomic E-state index is 12.2. The summed E-state index contributed by atoms with van der Waals surface area (Å²) in [5, 5.41) is 4.28. The SMILES string of the molecule is O=C(Nc1cccc(-c2cc3ccccc3s2)c1)N1CCCC1. The lowest BCUT2D eigenvalue weighted by Gasteiger charge is -2.16. The summed E-state index contributed by atoms with van der Waals surface area (Å²) in [5.41, 5.74) is 2.00. The molecule has 0 aliphatic carbocycles. The Morgan fingerprint density at radius 3 is 2.65 bits per heavy atom. The van der Waals surface area contributed by atoms with E-state index < -0.39 is 0 Å². The minimum atomic E-state index is 0.0102. The average molecular weight is 322 g/mol. The first-order valence-corrected chi connectivity index (χ1v) is 8.76. The van der Waals surface area contributed by atoms with Crippen molar-refractivity contribution in [2.45, 2.75) is 12.8 Å². The number of hydrogen-bond acceptors (Lipinski definition) is 2. The van der Waals surface area contributed by atoms with E-state index in [1.54, 1.807) is 11.3 Å². The summed E-state index contributed by atoms with van der Waals surface area (Å²) in [5.74, 6) is 0. The average Bonchev–Trinajstić information content (AvgIpc) is 3.24. The van der Waals surface area contributed by atoms with Gasteiger partial charge in [-0.15, -0.1) is 11.3 Å². The summed E-state index contributed by atoms with van der Waals surface area (Å²) < 4.78 is 1.29. The van der Waals surface area contributed by atoms with Crippen molar-refractivity contribution in [1.29, 1.82) is 0 Å². The lowest BCUT2D eigenvalue weighted by atomic mass is 10.1. The highest BCUT2D eigenvalue weighted by Gasteiger charge is 2.17. The smallest absolute Gasteiger partial charge is 0.321 e. The van der Waals surface area contributed by atoms with Gasteiger partial charge in [0.15, 0.2) is 0 Å². The number of benzene rings is 2. The fourth-order valence-electron chi connectivity index (χ4n) is 3.00. The maximum Gasteiger partial charge on any atom is 0.321 e. The van der Waals surface area contributed by atoms with Gasteiger partial charge < -0.3 is 10.2 Å². The van der Waals surface area contributed by atoms with Gasteiger partial charge in [0, 0.05) is 28.4 Å². The highest BCUT2D eigenvalue weighted by atomic mass is 32.1. The van der Waals surface area contributed by atoms with Crippen LogP contribution in [0.2, 0.25) is 0 Å². The molecule has 0 radical (unpaired) electrons. The molecule has 0 spiro atoms. The Kier molecular flexibility index (Phi) is 3.75. The number of likely N-dealkylation sites (tertiary alicyclic amines) is 1. The Balaban J connectivity index is 1.59. The molecule has 23 heavy (non-hydrogen) atoms. The second-order valence-electron chi connectivity index (χ2n) is 5.85. The summed E-state index contributed by atoms with van der Waals surface area (Å²) in [7, 11) is 0. The van der Waals surface area contributed by atoms with Crippen LogP contribution < -0.4 is 5.32 Å². The van der Waals surface area contributed by atoms with Crippen LogP contribution in [0.5, 0.6) is 0 Å². The molecule has 0 atom stereocenters. The van der Waals surface area contributed by atoms with Crippen LogP contribution in [0.3, 0.4) is 0 Å². The number of fused-ring (bicyclic) bond motifs is 1. The predicted octanol–water partition coefficient (Wildman–Crippen LogP) is 5.20. The molecule has 0 unspecified atom stereocenters. The molecule has 2 aromatic carbocycles. The molecule has 3 aromatic rings. The van der Waals surface area contributed by atoms with Crippen LogP contribution in [0.15, 0.2) is 54.6 Å². The van der Waals surface area contributed by atoms with Crippen LogP contribution in [0.4, 0.5) is 10.5 Å². The van der Waals surface area contributed by atoms with Crippen molar-refractivity contribution in [2.75, 3.05) is 18.4 Å². The van der Waals surface area contributed by atoms with Gasteiger partial charge in [0.05, 0.1) is 0 Å². The van der Waals surface area contributed by atoms with Gasteiger partial charge in [-0.25, -0.2) is 4.79 Å². The van der Waals surface area contributed by atoms with Gasteiger partial charge >= 0.3 is 6.03 Å². The fourth-order valence-corrected chi connectivity index (χ4v) is 4.06. The van der Waals surface area contributed by atoms with E-state index in [1.165, 1.54) is 15.0 Å². The largest absolute Gasteiger partial charge is 0.325 e. The van der Waals surface area contributed by atoms with Crippen LogP contribution in [-0.2, 0) is 0 Å². The first-order valence-electron chi connectivity index (χ1n) is 7.94. The van der Waals surface area contributed by atoms with Gasteiger partial charge in [0.25, 0.3) is 0 Å². The molecule has 1 aliphatic rings. The molecule has 1 aromatic heterocycles. The maximum absolute atomic E-state index is 12.2. The number of nitrogens with one attached hydrogen (secondary N) is 1. The van der Waals surface area contributed by atoms with E-state index in [4.69, 9.17) is 0 Å². The molecule has 4 heteroatoms. The molecular formula is C19H18N2OS. The van der Waals surface area contributed by atoms with Gasteiger partial charge in [-0.1, -0.05) is 30.3 Å². The van der Waals surface area contributed by atoms with E-state index >= 15 is 0 Å². The molecule has 4 rings (SSSR count). The molecule has 1 saturated heterocycles. The number of hydrogen-bond donors (Lipinski definition) is 1. The van der Waals surface area contributed by atoms with Crippen molar-refractivity contribution in [3.05, 3.63) is 54.6 Å². The topological polar surface area (TPSA) is 32.3 Å². The van der Waals surface area contributed by atoms with Crippen LogP contribution >= 0.6 is 11.3 Å². The van der Waals surface area contributed by atoms with E-state index in [2.05, 4.69) is 47.8 Å². The van der Waals surface area contributed by atoms with Gasteiger partial charge in [-0.2, -0.15) is 0 Å². The van der Waals surface area contributed by atoms with E-state index in [1.807, 2.05) is 17.0 Å². The molecule has 0 bridgehead atoms. The third kappa shape index (κ3) is 2.94. The minimum Gasteiger partial charge on any atom is -0.325 e. The normalized spacial score (nSPS) is 14.3. The number of rotatable bonds is 2. The van der Waals surface area contributed by atoms with Crippen LogP contribution in [-0.4, -0.2) is 24.0 Å². The molecule has 3 nitrogen and oxygen atoms in total. The molecule has 1 N–H and O–H groups in total. The highest BCUT2D eigenvalue weighted by molar-refractivity contribution is 7.22. The van der Waals surface area contributed by atoms with E-state index in [0.717, 1.165) is 37.2 Å². The third-order valence-corrected chi connectivity index (χ3v) is 5.38. The lowest BCUT2D eigenvalue weighted by molar-refractivity contribution is 0.222. The van der Waals surface area contributed by atoms with E-state index in [9.17, 15) is 4.79 Å². The quantitative estimate of drug-likeness (QED) is 0.691. The Morgan fingerprint density at radius 2 is 1.83 bits per heavy atom. The van der Waals surface area contributed by atoms with E-state index in [-0.39, 0.29) is 6.03 Å². The van der Waals surface area contributed by atoms with Crippen molar-refractivity contribution in [2.24, 2.45) is 0 Å². The van der Waals surface area contributed by atoms with E-state index in [0.29, 0.717) is 0 Å². The third-order valence-electron chi connectivity index (χ3n) is 4.22. The van der Waals surface area contributed by atoms with Gasteiger partial charge in [0.1, 0.15) is 0 Å². The minimum absolute atomic E-state index is 0.0102. The number of carbonyl (C=O) groups excluding carboxylic acids is 1. The molecule has 2 heterocycles. The predicted molar refractivity (Wildman–Crippen MR) is 97.1 cm³/mol. The number of thiophene rings is 1. The van der Waals surface area contributed by atoms with Crippen molar-refractivity contribution in [1.82, 2.24) is 4.90 Å². The summed E-state index contributed by atoms with van der Waals surface area (Å²) in [6.45, 7) is 1.73. The van der Waals surface area contributed by atoms with Crippen molar-refractivity contribution in [3.63, 3.8) is 0 Å². The zero-order chi connectivity index (χ0) is 15.6. The molecule has 1 aliphatic heterocycles. The van der Waals surface area contributed by atoms with Gasteiger partial charge in [0.2, 0.25) is 0 Å². The summed E-state index contributed by atoms with van der Waals surface area (Å²) >= 11 is 1.78. The monoisotopic (exact) mass is 322 g/mol. The zero-order valence-corrected chi connectivity index (χ0v) is 13.6. The van der Waals surface area contributed by atoms with Crippen LogP contribution in [0.25, 0.3) is 20.5 Å². The fraction of sp³-hybridized carbons (Fsp3) is 0.211. The Labute approximate surface area is 139 Å². The summed E-state index contributed by atoms with van der Waals surface area (Å²) in [6, 6.07) is 18.7. The summed E-state index contributed by atoms with van der Waals surface area (Å²) in [6.07, 6.45) is 2.21. The van der Waals surface area contributed by atoms with Crippen molar-refractivity contribution in [3.8, 4) is 10.4 Å². The zero-order valence-electron chi connectivity index (χ0n) is 12.8. The second-order valence-corrected chi connectivity index (χ2v) is 6.94. The molecule has 2 amide bonds. The number of amides is 2. The first kappa shape index (κ1) is 14.3. The Morgan fingerprint density at radius 1 is 1.00 bits per heavy atom. The van der Waals surface area contributed by atoms with Crippen molar-refractivity contribution < 1.29 is 4.79 Å². The highest BCUT2D eigenvalue weighted by Crippen LogP contribution is 2.34. The van der Waals surface area contributed by atoms with Crippen LogP contribution in [0.1, 0.15) is 12.8 Å². The lowest BCUT2D eigenvalue weighted by Crippen LogP contribution is -2.32.